The first-order chi connectivity index (χ1) is 9.69. The Morgan fingerprint density at radius 1 is 1.15 bits per heavy atom. The standard InChI is InChI=1S/C17H20BrNO/c1-3-20-17-9-7-15(8-10-17)13(2)19-12-14-5-4-6-16(18)11-14/h4-11,13,19H,3,12H2,1-2H3. The Bertz CT molecular complexity index is 539. The molecule has 0 heterocycles. The molecule has 1 unspecified atom stereocenters. The highest BCUT2D eigenvalue weighted by atomic mass is 79.9. The number of hydrogen-bond donors (Lipinski definition) is 1. The van der Waals surface area contributed by atoms with Gasteiger partial charge in [0.25, 0.3) is 0 Å². The first-order valence-corrected chi connectivity index (χ1v) is 7.69. The molecule has 1 atom stereocenters. The molecule has 0 amide bonds. The molecule has 0 aliphatic heterocycles. The van der Waals surface area contributed by atoms with Crippen molar-refractivity contribution in [3.8, 4) is 5.75 Å². The second-order valence-corrected chi connectivity index (χ2v) is 5.65. The smallest absolute Gasteiger partial charge is 0.119 e. The number of halogens is 1. The van der Waals surface area contributed by atoms with Gasteiger partial charge in [-0.25, -0.2) is 0 Å². The summed E-state index contributed by atoms with van der Waals surface area (Å²) < 4.78 is 6.57. The van der Waals surface area contributed by atoms with Crippen molar-refractivity contribution < 1.29 is 4.74 Å². The van der Waals surface area contributed by atoms with Crippen LogP contribution in [0, 0.1) is 0 Å². The van der Waals surface area contributed by atoms with Gasteiger partial charge in [-0.2, -0.15) is 0 Å². The van der Waals surface area contributed by atoms with Crippen LogP contribution in [0.15, 0.2) is 53.0 Å². The summed E-state index contributed by atoms with van der Waals surface area (Å²) in [6, 6.07) is 17.0. The van der Waals surface area contributed by atoms with Gasteiger partial charge < -0.3 is 10.1 Å². The molecule has 106 valence electrons. The predicted octanol–water partition coefficient (Wildman–Crippen LogP) is 4.70. The van der Waals surface area contributed by atoms with Crippen LogP contribution in [0.3, 0.4) is 0 Å². The zero-order valence-electron chi connectivity index (χ0n) is 11.9. The summed E-state index contributed by atoms with van der Waals surface area (Å²) in [5.74, 6) is 0.926. The third kappa shape index (κ3) is 4.36. The molecule has 2 aromatic carbocycles. The lowest BCUT2D eigenvalue weighted by Gasteiger charge is -2.15. The molecular weight excluding hydrogens is 314 g/mol. The zero-order chi connectivity index (χ0) is 14.4. The summed E-state index contributed by atoms with van der Waals surface area (Å²) in [7, 11) is 0. The highest BCUT2D eigenvalue weighted by molar-refractivity contribution is 9.10. The van der Waals surface area contributed by atoms with Crippen molar-refractivity contribution in [1.82, 2.24) is 5.32 Å². The summed E-state index contributed by atoms with van der Waals surface area (Å²) in [5, 5.41) is 3.53. The maximum Gasteiger partial charge on any atom is 0.119 e. The van der Waals surface area contributed by atoms with Crippen molar-refractivity contribution >= 4 is 15.9 Å². The van der Waals surface area contributed by atoms with Gasteiger partial charge in [-0.3, -0.25) is 0 Å². The van der Waals surface area contributed by atoms with Crippen LogP contribution in [-0.2, 0) is 6.54 Å². The second kappa shape index (κ2) is 7.46. The van der Waals surface area contributed by atoms with Crippen molar-refractivity contribution in [2.24, 2.45) is 0 Å². The third-order valence-corrected chi connectivity index (χ3v) is 3.69. The molecule has 0 aliphatic carbocycles. The SMILES string of the molecule is CCOc1ccc(C(C)NCc2cccc(Br)c2)cc1. The average molecular weight is 334 g/mol. The van der Waals surface area contributed by atoms with Crippen molar-refractivity contribution in [3.05, 3.63) is 64.1 Å². The molecule has 0 saturated heterocycles. The maximum absolute atomic E-state index is 5.46. The van der Waals surface area contributed by atoms with Crippen LogP contribution in [0.2, 0.25) is 0 Å². The van der Waals surface area contributed by atoms with Gasteiger partial charge in [0.15, 0.2) is 0 Å². The summed E-state index contributed by atoms with van der Waals surface area (Å²) in [6.07, 6.45) is 0. The molecule has 0 saturated carbocycles. The van der Waals surface area contributed by atoms with E-state index in [-0.39, 0.29) is 0 Å². The lowest BCUT2D eigenvalue weighted by Crippen LogP contribution is -2.18. The van der Waals surface area contributed by atoms with Crippen LogP contribution in [0.5, 0.6) is 5.75 Å². The number of benzene rings is 2. The van der Waals surface area contributed by atoms with Crippen LogP contribution in [0.25, 0.3) is 0 Å². The van der Waals surface area contributed by atoms with E-state index in [4.69, 9.17) is 4.74 Å². The normalized spacial score (nSPS) is 12.2. The molecule has 0 bridgehead atoms. The Kier molecular flexibility index (Phi) is 5.62. The van der Waals surface area contributed by atoms with Gasteiger partial charge in [-0.1, -0.05) is 40.2 Å². The minimum absolute atomic E-state index is 0.310. The van der Waals surface area contributed by atoms with Gasteiger partial charge in [-0.15, -0.1) is 0 Å². The molecule has 0 aliphatic rings. The highest BCUT2D eigenvalue weighted by Crippen LogP contribution is 2.18. The van der Waals surface area contributed by atoms with E-state index in [2.05, 4.69) is 58.5 Å². The fraction of sp³-hybridized carbons (Fsp3) is 0.294. The molecule has 20 heavy (non-hydrogen) atoms. The fourth-order valence-corrected chi connectivity index (χ4v) is 2.50. The summed E-state index contributed by atoms with van der Waals surface area (Å²) in [6.45, 7) is 5.73. The highest BCUT2D eigenvalue weighted by Gasteiger charge is 2.05. The zero-order valence-corrected chi connectivity index (χ0v) is 13.5. The van der Waals surface area contributed by atoms with Gasteiger partial charge in [-0.05, 0) is 49.2 Å². The van der Waals surface area contributed by atoms with Crippen molar-refractivity contribution in [3.63, 3.8) is 0 Å². The molecule has 0 radical (unpaired) electrons. The minimum atomic E-state index is 0.310. The molecule has 2 aromatic rings. The van der Waals surface area contributed by atoms with Crippen molar-refractivity contribution in [1.29, 1.82) is 0 Å². The Morgan fingerprint density at radius 3 is 2.55 bits per heavy atom. The molecule has 0 spiro atoms. The van der Waals surface area contributed by atoms with E-state index >= 15 is 0 Å². The van der Waals surface area contributed by atoms with Gasteiger partial charge >= 0.3 is 0 Å². The molecular formula is C17H20BrNO. The van der Waals surface area contributed by atoms with Crippen LogP contribution >= 0.6 is 15.9 Å². The summed E-state index contributed by atoms with van der Waals surface area (Å²) >= 11 is 3.50. The summed E-state index contributed by atoms with van der Waals surface area (Å²) in [5.41, 5.74) is 2.54. The van der Waals surface area contributed by atoms with E-state index in [1.165, 1.54) is 11.1 Å². The monoisotopic (exact) mass is 333 g/mol. The van der Waals surface area contributed by atoms with E-state index in [0.717, 1.165) is 16.8 Å². The Hall–Kier alpha value is -1.32. The van der Waals surface area contributed by atoms with Crippen molar-refractivity contribution in [2.75, 3.05) is 6.61 Å². The minimum Gasteiger partial charge on any atom is -0.494 e. The largest absolute Gasteiger partial charge is 0.494 e. The molecule has 0 fully saturated rings. The first-order valence-electron chi connectivity index (χ1n) is 6.89. The molecule has 0 aromatic heterocycles. The predicted molar refractivity (Wildman–Crippen MR) is 87.0 cm³/mol. The number of rotatable bonds is 6. The Labute approximate surface area is 129 Å². The lowest BCUT2D eigenvalue weighted by molar-refractivity contribution is 0.340. The van der Waals surface area contributed by atoms with Crippen LogP contribution in [0.4, 0.5) is 0 Å². The van der Waals surface area contributed by atoms with Crippen LogP contribution in [0.1, 0.15) is 31.0 Å². The van der Waals surface area contributed by atoms with E-state index in [1.54, 1.807) is 0 Å². The second-order valence-electron chi connectivity index (χ2n) is 4.73. The fourth-order valence-electron chi connectivity index (χ4n) is 2.06. The Morgan fingerprint density at radius 2 is 1.90 bits per heavy atom. The molecule has 1 N–H and O–H groups in total. The van der Waals surface area contributed by atoms with E-state index in [1.807, 2.05) is 25.1 Å². The number of hydrogen-bond acceptors (Lipinski definition) is 2. The number of ether oxygens (including phenoxy) is 1. The lowest BCUT2D eigenvalue weighted by atomic mass is 10.1. The first kappa shape index (κ1) is 15.1. The quantitative estimate of drug-likeness (QED) is 0.827. The number of nitrogens with one attached hydrogen (secondary N) is 1. The van der Waals surface area contributed by atoms with Gasteiger partial charge in [0, 0.05) is 17.1 Å². The van der Waals surface area contributed by atoms with Gasteiger partial charge in [0.2, 0.25) is 0 Å². The molecule has 2 nitrogen and oxygen atoms in total. The third-order valence-electron chi connectivity index (χ3n) is 3.19. The van der Waals surface area contributed by atoms with Crippen LogP contribution < -0.4 is 10.1 Å². The van der Waals surface area contributed by atoms with Gasteiger partial charge in [0.1, 0.15) is 5.75 Å². The average Bonchev–Trinajstić information content (AvgIpc) is 2.46. The maximum atomic E-state index is 5.46. The molecule has 3 heteroatoms. The van der Waals surface area contributed by atoms with E-state index in [9.17, 15) is 0 Å². The van der Waals surface area contributed by atoms with Gasteiger partial charge in [0.05, 0.1) is 6.61 Å². The van der Waals surface area contributed by atoms with E-state index in [0.29, 0.717) is 12.6 Å². The Balaban J connectivity index is 1.92. The van der Waals surface area contributed by atoms with E-state index < -0.39 is 0 Å². The van der Waals surface area contributed by atoms with Crippen molar-refractivity contribution in [2.45, 2.75) is 26.4 Å². The summed E-state index contributed by atoms with van der Waals surface area (Å²) in [4.78, 5) is 0. The van der Waals surface area contributed by atoms with Crippen LogP contribution in [-0.4, -0.2) is 6.61 Å². The topological polar surface area (TPSA) is 21.3 Å². The molecule has 2 rings (SSSR count).